The molecule has 0 aromatic heterocycles. The van der Waals surface area contributed by atoms with Gasteiger partial charge in [-0.3, -0.25) is 0 Å². The second-order valence-corrected chi connectivity index (χ2v) is 5.47. The Morgan fingerprint density at radius 1 is 0.560 bits per heavy atom. The van der Waals surface area contributed by atoms with E-state index in [0.717, 1.165) is 0 Å². The van der Waals surface area contributed by atoms with Gasteiger partial charge in [0.25, 0.3) is 0 Å². The standard InChI is InChI=1S/C19H15.C5H5.Fe/c1-3-9-16(10-4-1)15-19(18-13-7-8-14-18)17-11-5-2-6-12-17;1-2-4-5-3-1;/h1-15H;1-5H;/q;;+2/b19-15+;;. The van der Waals surface area contributed by atoms with Gasteiger partial charge in [-0.05, 0) is 74.5 Å². The molecule has 0 saturated heterocycles. The molecule has 0 atom stereocenters. The predicted octanol–water partition coefficient (Wildman–Crippen LogP) is 5.65. The van der Waals surface area contributed by atoms with Crippen molar-refractivity contribution in [3.05, 3.63) is 135 Å². The van der Waals surface area contributed by atoms with Crippen LogP contribution in [0.3, 0.4) is 0 Å². The van der Waals surface area contributed by atoms with Gasteiger partial charge in [0, 0.05) is 5.92 Å². The Labute approximate surface area is 164 Å². The van der Waals surface area contributed by atoms with Gasteiger partial charge in [-0.15, -0.1) is 0 Å². The summed E-state index contributed by atoms with van der Waals surface area (Å²) in [5.74, 6) is 1.26. The van der Waals surface area contributed by atoms with Crippen molar-refractivity contribution in [3.63, 3.8) is 0 Å². The van der Waals surface area contributed by atoms with E-state index in [1.54, 1.807) is 0 Å². The van der Waals surface area contributed by atoms with Gasteiger partial charge in [-0.2, -0.15) is 0 Å². The average molecular weight is 364 g/mol. The summed E-state index contributed by atoms with van der Waals surface area (Å²) in [6, 6.07) is 21.0. The number of allylic oxidation sites excluding steroid dienone is 1. The Balaban J connectivity index is 0.000000325. The zero-order chi connectivity index (χ0) is 16.5. The van der Waals surface area contributed by atoms with Crippen LogP contribution < -0.4 is 0 Å². The van der Waals surface area contributed by atoms with E-state index in [2.05, 4.69) is 86.4 Å². The van der Waals surface area contributed by atoms with Crippen LogP contribution in [0.15, 0.2) is 60.7 Å². The van der Waals surface area contributed by atoms with E-state index >= 15 is 0 Å². The Bertz CT molecular complexity index is 597. The van der Waals surface area contributed by atoms with E-state index in [1.165, 1.54) is 22.6 Å². The first kappa shape index (κ1) is 20.0. The topological polar surface area (TPSA) is 0 Å². The van der Waals surface area contributed by atoms with Gasteiger partial charge in [0.2, 0.25) is 0 Å². The molecule has 2 aliphatic carbocycles. The summed E-state index contributed by atoms with van der Waals surface area (Å²) < 4.78 is 0. The van der Waals surface area contributed by atoms with Crippen molar-refractivity contribution in [2.24, 2.45) is 0 Å². The summed E-state index contributed by atoms with van der Waals surface area (Å²) in [5.41, 5.74) is 3.73. The summed E-state index contributed by atoms with van der Waals surface area (Å²) in [5, 5.41) is 0. The number of hydrogen-bond donors (Lipinski definition) is 0. The van der Waals surface area contributed by atoms with Crippen molar-refractivity contribution in [2.45, 2.75) is 0 Å². The molecule has 2 aliphatic rings. The van der Waals surface area contributed by atoms with Crippen molar-refractivity contribution in [2.75, 3.05) is 0 Å². The largest absolute Gasteiger partial charge is 2.00 e. The van der Waals surface area contributed by atoms with Crippen LogP contribution in [0.25, 0.3) is 11.6 Å². The van der Waals surface area contributed by atoms with Gasteiger partial charge in [-0.25, -0.2) is 0 Å². The first-order valence-corrected chi connectivity index (χ1v) is 8.14. The van der Waals surface area contributed by atoms with Gasteiger partial charge < -0.3 is 0 Å². The number of hydrogen-bond acceptors (Lipinski definition) is 0. The molecule has 4 rings (SSSR count). The minimum absolute atomic E-state index is 0. The molecular weight excluding hydrogens is 344 g/mol. The van der Waals surface area contributed by atoms with Crippen LogP contribution in [0.4, 0.5) is 0 Å². The number of rotatable bonds is 3. The van der Waals surface area contributed by atoms with E-state index in [9.17, 15) is 0 Å². The quantitative estimate of drug-likeness (QED) is 0.488. The molecule has 10 radical (unpaired) electrons. The third kappa shape index (κ3) is 6.49. The normalized spacial score (nSPS) is 17.5. The molecule has 2 aromatic carbocycles. The molecule has 0 aliphatic heterocycles. The molecule has 0 spiro atoms. The molecule has 0 amide bonds. The summed E-state index contributed by atoms with van der Waals surface area (Å²) >= 11 is 0. The Morgan fingerprint density at radius 2 is 1.04 bits per heavy atom. The SMILES string of the molecule is [CH]1[CH][CH][CH][CH]1.[CH]1[CH][CH][C](/C(=C/c2ccccc2)c2ccccc2)[CH]1.[Fe+2]. The first-order chi connectivity index (χ1) is 11.9. The molecule has 25 heavy (non-hydrogen) atoms. The van der Waals surface area contributed by atoms with Gasteiger partial charge in [0.15, 0.2) is 0 Å². The molecule has 2 fully saturated rings. The van der Waals surface area contributed by atoms with Crippen LogP contribution in [0, 0.1) is 63.7 Å². The van der Waals surface area contributed by atoms with E-state index in [-0.39, 0.29) is 17.1 Å². The summed E-state index contributed by atoms with van der Waals surface area (Å²) in [4.78, 5) is 0. The molecule has 0 N–H and O–H groups in total. The van der Waals surface area contributed by atoms with E-state index < -0.39 is 0 Å². The average Bonchev–Trinajstić information content (AvgIpc) is 3.37. The maximum atomic E-state index is 2.24. The summed E-state index contributed by atoms with van der Waals surface area (Å²) in [6.45, 7) is 0. The second-order valence-electron chi connectivity index (χ2n) is 5.47. The molecular formula is C24H20Fe+2. The van der Waals surface area contributed by atoms with Crippen LogP contribution in [0.5, 0.6) is 0 Å². The molecule has 0 nitrogen and oxygen atoms in total. The maximum absolute atomic E-state index is 2.24. The van der Waals surface area contributed by atoms with E-state index in [1.807, 2.05) is 38.2 Å². The molecule has 1 heteroatoms. The third-order valence-corrected chi connectivity index (χ3v) is 3.72. The third-order valence-electron chi connectivity index (χ3n) is 3.72. The van der Waals surface area contributed by atoms with E-state index in [4.69, 9.17) is 0 Å². The smallest absolute Gasteiger partial charge is 0.0622 e. The molecule has 0 bridgehead atoms. The van der Waals surface area contributed by atoms with Gasteiger partial charge in [0.1, 0.15) is 0 Å². The van der Waals surface area contributed by atoms with Crippen molar-refractivity contribution in [1.29, 1.82) is 0 Å². The zero-order valence-electron chi connectivity index (χ0n) is 13.9. The monoisotopic (exact) mass is 364 g/mol. The predicted molar refractivity (Wildman–Crippen MR) is 103 cm³/mol. The first-order valence-electron chi connectivity index (χ1n) is 8.14. The fourth-order valence-corrected chi connectivity index (χ4v) is 2.54. The number of benzene rings is 2. The van der Waals surface area contributed by atoms with E-state index in [0.29, 0.717) is 0 Å². The van der Waals surface area contributed by atoms with Crippen molar-refractivity contribution in [1.82, 2.24) is 0 Å². The Hall–Kier alpha value is -1.30. The Morgan fingerprint density at radius 3 is 1.56 bits per heavy atom. The molecule has 0 heterocycles. The van der Waals surface area contributed by atoms with Crippen LogP contribution in [0.2, 0.25) is 0 Å². The van der Waals surface area contributed by atoms with Gasteiger partial charge >= 0.3 is 17.1 Å². The summed E-state index contributed by atoms with van der Waals surface area (Å²) in [7, 11) is 0. The minimum atomic E-state index is 0. The second kappa shape index (κ2) is 11.3. The zero-order valence-corrected chi connectivity index (χ0v) is 15.0. The fourth-order valence-electron chi connectivity index (χ4n) is 2.54. The molecule has 2 saturated carbocycles. The maximum Gasteiger partial charge on any atom is 2.00 e. The van der Waals surface area contributed by atoms with Crippen molar-refractivity contribution in [3.8, 4) is 0 Å². The van der Waals surface area contributed by atoms with Crippen LogP contribution >= 0.6 is 0 Å². The minimum Gasteiger partial charge on any atom is -0.0622 e. The van der Waals surface area contributed by atoms with Crippen LogP contribution in [-0.2, 0) is 17.1 Å². The van der Waals surface area contributed by atoms with Crippen molar-refractivity contribution < 1.29 is 17.1 Å². The van der Waals surface area contributed by atoms with Crippen LogP contribution in [-0.4, -0.2) is 0 Å². The summed E-state index contributed by atoms with van der Waals surface area (Å²) in [6.07, 6.45) is 20.7. The fraction of sp³-hybridized carbons (Fsp3) is 0. The molecule has 0 unspecified atom stereocenters. The van der Waals surface area contributed by atoms with Crippen LogP contribution in [0.1, 0.15) is 11.1 Å². The van der Waals surface area contributed by atoms with Crippen molar-refractivity contribution >= 4 is 11.6 Å². The van der Waals surface area contributed by atoms with Gasteiger partial charge in [-0.1, -0.05) is 66.7 Å². The molecule has 2 aromatic rings. The molecule has 122 valence electrons. The Kier molecular flexibility index (Phi) is 9.08. The van der Waals surface area contributed by atoms with Gasteiger partial charge in [0.05, 0.1) is 0 Å².